The van der Waals surface area contributed by atoms with Crippen molar-refractivity contribution < 1.29 is 4.79 Å². The fourth-order valence-corrected chi connectivity index (χ4v) is 3.01. The van der Waals surface area contributed by atoms with Gasteiger partial charge in [-0.15, -0.1) is 0 Å². The zero-order valence-electron chi connectivity index (χ0n) is 14.9. The van der Waals surface area contributed by atoms with Crippen LogP contribution in [0.2, 0.25) is 0 Å². The van der Waals surface area contributed by atoms with Crippen LogP contribution in [0.15, 0.2) is 41.3 Å². The molecule has 5 nitrogen and oxygen atoms in total. The number of nitrogens with one attached hydrogen (secondary N) is 1. The molecule has 1 aromatic carbocycles. The van der Waals surface area contributed by atoms with Crippen molar-refractivity contribution in [1.29, 1.82) is 0 Å². The molecule has 0 bridgehead atoms. The van der Waals surface area contributed by atoms with E-state index in [0.29, 0.717) is 23.3 Å². The van der Waals surface area contributed by atoms with E-state index in [0.717, 1.165) is 16.8 Å². The largest absolute Gasteiger partial charge is 0.332 e. The lowest BCUT2D eigenvalue weighted by molar-refractivity contribution is 0.102. The van der Waals surface area contributed by atoms with Crippen molar-refractivity contribution in [3.63, 3.8) is 0 Å². The second-order valence-electron chi connectivity index (χ2n) is 6.31. The van der Waals surface area contributed by atoms with Gasteiger partial charge in [0.1, 0.15) is 11.2 Å². The van der Waals surface area contributed by atoms with Crippen molar-refractivity contribution in [2.24, 2.45) is 0 Å². The van der Waals surface area contributed by atoms with Gasteiger partial charge < -0.3 is 9.88 Å². The number of pyridine rings is 2. The van der Waals surface area contributed by atoms with Crippen molar-refractivity contribution in [3.8, 4) is 0 Å². The highest BCUT2D eigenvalue weighted by Gasteiger charge is 2.16. The molecule has 1 N–H and O–H groups in total. The third kappa shape index (κ3) is 3.31. The first-order valence-corrected chi connectivity index (χ1v) is 8.29. The van der Waals surface area contributed by atoms with Crippen molar-refractivity contribution in [2.75, 3.05) is 5.32 Å². The highest BCUT2D eigenvalue weighted by Crippen LogP contribution is 2.16. The lowest BCUT2D eigenvalue weighted by Crippen LogP contribution is -2.24. The Morgan fingerprint density at radius 1 is 1.12 bits per heavy atom. The number of benzene rings is 1. The van der Waals surface area contributed by atoms with Crippen LogP contribution in [0.3, 0.4) is 0 Å². The highest BCUT2D eigenvalue weighted by molar-refractivity contribution is 6.05. The van der Waals surface area contributed by atoms with Gasteiger partial charge in [-0.2, -0.15) is 0 Å². The van der Waals surface area contributed by atoms with Crippen LogP contribution in [0, 0.1) is 20.8 Å². The first-order chi connectivity index (χ1) is 11.9. The van der Waals surface area contributed by atoms with Gasteiger partial charge in [0.25, 0.3) is 5.91 Å². The van der Waals surface area contributed by atoms with Gasteiger partial charge in [-0.3, -0.25) is 9.59 Å². The van der Waals surface area contributed by atoms with Gasteiger partial charge in [-0.05, 0) is 63.1 Å². The average Bonchev–Trinajstić information content (AvgIpc) is 2.54. The molecule has 0 aliphatic rings. The highest BCUT2D eigenvalue weighted by atomic mass is 16.2. The molecule has 3 aromatic rings. The third-order valence-electron chi connectivity index (χ3n) is 4.13. The number of nitrogens with zero attached hydrogens (tertiary/aromatic N) is 2. The Bertz CT molecular complexity index is 1010. The Hall–Kier alpha value is -2.95. The molecule has 0 atom stereocenters. The zero-order valence-corrected chi connectivity index (χ0v) is 14.9. The predicted molar refractivity (Wildman–Crippen MR) is 100 cm³/mol. The minimum atomic E-state index is -0.403. The van der Waals surface area contributed by atoms with Crippen LogP contribution in [0.1, 0.15) is 34.1 Å². The molecule has 5 heteroatoms. The average molecular weight is 335 g/mol. The molecule has 0 aliphatic carbocycles. The van der Waals surface area contributed by atoms with Crippen LogP contribution in [0.5, 0.6) is 0 Å². The summed E-state index contributed by atoms with van der Waals surface area (Å²) in [7, 11) is 0. The lowest BCUT2D eigenvalue weighted by atomic mass is 10.1. The second-order valence-corrected chi connectivity index (χ2v) is 6.31. The maximum absolute atomic E-state index is 12.8. The number of aryl methyl sites for hydroxylation is 4. The number of hydrogen-bond donors (Lipinski definition) is 1. The van der Waals surface area contributed by atoms with E-state index in [1.807, 2.05) is 50.5 Å². The normalized spacial score (nSPS) is 10.9. The van der Waals surface area contributed by atoms with Gasteiger partial charge in [-0.1, -0.05) is 6.07 Å². The van der Waals surface area contributed by atoms with E-state index in [4.69, 9.17) is 0 Å². The molecular weight excluding hydrogens is 314 g/mol. The summed E-state index contributed by atoms with van der Waals surface area (Å²) >= 11 is 0. The van der Waals surface area contributed by atoms with Crippen LogP contribution >= 0.6 is 0 Å². The van der Waals surface area contributed by atoms with Gasteiger partial charge in [0.2, 0.25) is 5.43 Å². The summed E-state index contributed by atoms with van der Waals surface area (Å²) in [5.41, 5.74) is 4.07. The third-order valence-corrected chi connectivity index (χ3v) is 4.13. The Labute approximate surface area is 146 Å². The number of hydrogen-bond acceptors (Lipinski definition) is 3. The maximum atomic E-state index is 12.8. The van der Waals surface area contributed by atoms with Crippen LogP contribution in [0.25, 0.3) is 11.0 Å². The standard InChI is InChI=1S/C20H21N3O2/c1-5-23-11-17(18(24)16-7-6-14(4)21-19(16)23)20(25)22-15-9-12(2)8-13(3)10-15/h6-11H,5H2,1-4H3,(H,22,25). The van der Waals surface area contributed by atoms with Gasteiger partial charge >= 0.3 is 0 Å². The van der Waals surface area contributed by atoms with Gasteiger partial charge in [0.05, 0.1) is 5.39 Å². The zero-order chi connectivity index (χ0) is 18.1. The molecule has 128 valence electrons. The van der Waals surface area contributed by atoms with Gasteiger partial charge in [-0.25, -0.2) is 4.98 Å². The number of fused-ring (bicyclic) bond motifs is 1. The molecule has 0 saturated carbocycles. The van der Waals surface area contributed by atoms with Crippen molar-refractivity contribution >= 4 is 22.6 Å². The van der Waals surface area contributed by atoms with E-state index in [2.05, 4.69) is 10.3 Å². The summed E-state index contributed by atoms with van der Waals surface area (Å²) in [5.74, 6) is -0.403. The van der Waals surface area contributed by atoms with E-state index in [1.165, 1.54) is 0 Å². The predicted octanol–water partition coefficient (Wildman–Crippen LogP) is 3.59. The molecule has 25 heavy (non-hydrogen) atoms. The summed E-state index contributed by atoms with van der Waals surface area (Å²) in [4.78, 5) is 29.9. The summed E-state index contributed by atoms with van der Waals surface area (Å²) in [6, 6.07) is 9.32. The van der Waals surface area contributed by atoms with Crippen LogP contribution in [-0.4, -0.2) is 15.5 Å². The molecule has 0 radical (unpaired) electrons. The Kier molecular flexibility index (Phi) is 4.40. The minimum Gasteiger partial charge on any atom is -0.332 e. The van der Waals surface area contributed by atoms with E-state index in [1.54, 1.807) is 18.3 Å². The number of rotatable bonds is 3. The van der Waals surface area contributed by atoms with Crippen LogP contribution in [-0.2, 0) is 6.54 Å². The molecule has 1 amide bonds. The first-order valence-electron chi connectivity index (χ1n) is 8.29. The molecule has 3 rings (SSSR count). The van der Waals surface area contributed by atoms with E-state index in [9.17, 15) is 9.59 Å². The molecule has 2 aromatic heterocycles. The maximum Gasteiger partial charge on any atom is 0.261 e. The smallest absolute Gasteiger partial charge is 0.261 e. The van der Waals surface area contributed by atoms with Gasteiger partial charge in [0.15, 0.2) is 0 Å². The number of anilines is 1. The monoisotopic (exact) mass is 335 g/mol. The minimum absolute atomic E-state index is 0.124. The molecule has 0 spiro atoms. The summed E-state index contributed by atoms with van der Waals surface area (Å²) in [6.07, 6.45) is 1.59. The Balaban J connectivity index is 2.08. The second kappa shape index (κ2) is 6.51. The molecule has 2 heterocycles. The Morgan fingerprint density at radius 3 is 2.44 bits per heavy atom. The summed E-state index contributed by atoms with van der Waals surface area (Å²) in [6.45, 7) is 8.40. The van der Waals surface area contributed by atoms with Gasteiger partial charge in [0, 0.05) is 24.1 Å². The number of amides is 1. The number of aromatic nitrogens is 2. The topological polar surface area (TPSA) is 64.0 Å². The molecule has 0 unspecified atom stereocenters. The quantitative estimate of drug-likeness (QED) is 0.795. The summed E-state index contributed by atoms with van der Waals surface area (Å²) < 4.78 is 1.83. The molecular formula is C20H21N3O2. The molecule has 0 fully saturated rings. The van der Waals surface area contributed by atoms with E-state index in [-0.39, 0.29) is 11.0 Å². The molecule has 0 saturated heterocycles. The van der Waals surface area contributed by atoms with Crippen molar-refractivity contribution in [1.82, 2.24) is 9.55 Å². The van der Waals surface area contributed by atoms with Crippen molar-refractivity contribution in [2.45, 2.75) is 34.2 Å². The number of carbonyl (C=O) groups is 1. The Morgan fingerprint density at radius 2 is 1.80 bits per heavy atom. The van der Waals surface area contributed by atoms with Crippen LogP contribution < -0.4 is 10.7 Å². The first kappa shape index (κ1) is 16.9. The SMILES string of the molecule is CCn1cc(C(=O)Nc2cc(C)cc(C)c2)c(=O)c2ccc(C)nc21. The van der Waals surface area contributed by atoms with E-state index < -0.39 is 5.91 Å². The summed E-state index contributed by atoms with van der Waals surface area (Å²) in [5, 5.41) is 3.29. The van der Waals surface area contributed by atoms with Crippen molar-refractivity contribution in [3.05, 3.63) is 69.1 Å². The van der Waals surface area contributed by atoms with E-state index >= 15 is 0 Å². The lowest BCUT2D eigenvalue weighted by Gasteiger charge is -2.12. The van der Waals surface area contributed by atoms with Crippen LogP contribution in [0.4, 0.5) is 5.69 Å². The number of carbonyl (C=O) groups excluding carboxylic acids is 1. The molecule has 0 aliphatic heterocycles. The fraction of sp³-hybridized carbons (Fsp3) is 0.250. The fourth-order valence-electron chi connectivity index (χ4n) is 3.01.